The van der Waals surface area contributed by atoms with Gasteiger partial charge in [0.05, 0.1) is 5.75 Å². The van der Waals surface area contributed by atoms with E-state index >= 15 is 0 Å². The number of sulfone groups is 1. The minimum atomic E-state index is -2.97. The van der Waals surface area contributed by atoms with Crippen molar-refractivity contribution in [2.75, 3.05) is 17.7 Å². The Kier molecular flexibility index (Phi) is 2.86. The highest BCUT2D eigenvalue weighted by Crippen LogP contribution is 2.49. The number of nitrogen functional groups attached to an aromatic ring is 1. The van der Waals surface area contributed by atoms with Crippen LogP contribution in [0.4, 0.5) is 5.82 Å². The highest BCUT2D eigenvalue weighted by molar-refractivity contribution is 7.90. The van der Waals surface area contributed by atoms with Crippen LogP contribution in [-0.4, -0.2) is 25.6 Å². The molecule has 5 nitrogen and oxygen atoms in total. The van der Waals surface area contributed by atoms with Gasteiger partial charge in [0.25, 0.3) is 0 Å². The summed E-state index contributed by atoms with van der Waals surface area (Å²) in [5.74, 6) is 1.18. The monoisotopic (exact) mass is 292 g/mol. The lowest BCUT2D eigenvalue weighted by atomic mass is 9.96. The Balaban J connectivity index is 1.87. The SMILES string of the molecule is CS(=O)(=O)CC1(c2ccc(-c3cc(N)no3)cc2)CC1. The first kappa shape index (κ1) is 13.2. The van der Waals surface area contributed by atoms with Gasteiger partial charge in [-0.1, -0.05) is 29.4 Å². The molecule has 0 bridgehead atoms. The largest absolute Gasteiger partial charge is 0.381 e. The summed E-state index contributed by atoms with van der Waals surface area (Å²) in [6.07, 6.45) is 3.14. The van der Waals surface area contributed by atoms with Gasteiger partial charge >= 0.3 is 0 Å². The first-order valence-electron chi connectivity index (χ1n) is 6.39. The lowest BCUT2D eigenvalue weighted by Crippen LogP contribution is -2.19. The molecule has 0 saturated heterocycles. The van der Waals surface area contributed by atoms with E-state index in [1.165, 1.54) is 6.26 Å². The molecule has 20 heavy (non-hydrogen) atoms. The molecule has 1 aromatic heterocycles. The zero-order valence-corrected chi connectivity index (χ0v) is 12.0. The minimum Gasteiger partial charge on any atom is -0.381 e. The number of anilines is 1. The van der Waals surface area contributed by atoms with Crippen molar-refractivity contribution in [3.05, 3.63) is 35.9 Å². The molecule has 0 radical (unpaired) electrons. The molecule has 1 heterocycles. The zero-order chi connectivity index (χ0) is 14.4. The fraction of sp³-hybridized carbons (Fsp3) is 0.357. The van der Waals surface area contributed by atoms with E-state index < -0.39 is 9.84 Å². The minimum absolute atomic E-state index is 0.188. The Labute approximate surface area is 117 Å². The molecular formula is C14H16N2O3S. The maximum Gasteiger partial charge on any atom is 0.169 e. The van der Waals surface area contributed by atoms with Crippen molar-refractivity contribution in [2.45, 2.75) is 18.3 Å². The number of rotatable bonds is 4. The maximum atomic E-state index is 11.5. The molecule has 1 fully saturated rings. The summed E-state index contributed by atoms with van der Waals surface area (Å²) >= 11 is 0. The summed E-state index contributed by atoms with van der Waals surface area (Å²) in [5, 5.41) is 3.65. The van der Waals surface area contributed by atoms with E-state index in [2.05, 4.69) is 5.16 Å². The molecule has 1 aliphatic carbocycles. The van der Waals surface area contributed by atoms with Crippen LogP contribution < -0.4 is 5.73 Å². The summed E-state index contributed by atoms with van der Waals surface area (Å²) in [5.41, 5.74) is 7.29. The average molecular weight is 292 g/mol. The normalized spacial score (nSPS) is 17.1. The van der Waals surface area contributed by atoms with Gasteiger partial charge in [0, 0.05) is 23.3 Å². The van der Waals surface area contributed by atoms with Crippen LogP contribution in [0.25, 0.3) is 11.3 Å². The Morgan fingerprint density at radius 2 is 1.95 bits per heavy atom. The quantitative estimate of drug-likeness (QED) is 0.931. The van der Waals surface area contributed by atoms with Gasteiger partial charge in [0.2, 0.25) is 0 Å². The number of nitrogens with zero attached hydrogens (tertiary/aromatic N) is 1. The van der Waals surface area contributed by atoms with Gasteiger partial charge in [-0.15, -0.1) is 0 Å². The molecule has 0 spiro atoms. The van der Waals surface area contributed by atoms with E-state index in [0.717, 1.165) is 24.0 Å². The number of nitrogens with two attached hydrogens (primary N) is 1. The molecule has 0 amide bonds. The molecular weight excluding hydrogens is 276 g/mol. The van der Waals surface area contributed by atoms with Crippen molar-refractivity contribution in [1.82, 2.24) is 5.16 Å². The fourth-order valence-corrected chi connectivity index (χ4v) is 4.04. The number of hydrogen-bond donors (Lipinski definition) is 1. The van der Waals surface area contributed by atoms with Crippen molar-refractivity contribution >= 4 is 15.7 Å². The molecule has 3 rings (SSSR count). The van der Waals surface area contributed by atoms with Gasteiger partial charge < -0.3 is 10.3 Å². The molecule has 1 aromatic carbocycles. The third-order valence-corrected chi connectivity index (χ3v) is 4.78. The van der Waals surface area contributed by atoms with Crippen molar-refractivity contribution in [1.29, 1.82) is 0 Å². The van der Waals surface area contributed by atoms with Gasteiger partial charge in [-0.25, -0.2) is 8.42 Å². The molecule has 1 aliphatic rings. The van der Waals surface area contributed by atoms with Crippen LogP contribution in [0.3, 0.4) is 0 Å². The van der Waals surface area contributed by atoms with Gasteiger partial charge in [-0.3, -0.25) is 0 Å². The Morgan fingerprint density at radius 3 is 2.40 bits per heavy atom. The highest BCUT2D eigenvalue weighted by atomic mass is 32.2. The van der Waals surface area contributed by atoms with Crippen molar-refractivity contribution in [3.63, 3.8) is 0 Å². The zero-order valence-electron chi connectivity index (χ0n) is 11.2. The van der Waals surface area contributed by atoms with Crippen molar-refractivity contribution in [2.24, 2.45) is 0 Å². The molecule has 2 N–H and O–H groups in total. The fourth-order valence-electron chi connectivity index (χ4n) is 2.58. The third kappa shape index (κ3) is 2.56. The summed E-state index contributed by atoms with van der Waals surface area (Å²) in [7, 11) is -2.97. The van der Waals surface area contributed by atoms with Gasteiger partial charge in [0.15, 0.2) is 11.6 Å². The lowest BCUT2D eigenvalue weighted by Gasteiger charge is -2.14. The van der Waals surface area contributed by atoms with Crippen LogP contribution in [0.5, 0.6) is 0 Å². The molecule has 1 saturated carbocycles. The molecule has 106 valence electrons. The van der Waals surface area contributed by atoms with Crippen LogP contribution >= 0.6 is 0 Å². The Morgan fingerprint density at radius 1 is 1.30 bits per heavy atom. The summed E-state index contributed by atoms with van der Waals surface area (Å²) < 4.78 is 28.1. The molecule has 0 unspecified atom stereocenters. The first-order valence-corrected chi connectivity index (χ1v) is 8.45. The van der Waals surface area contributed by atoms with E-state index in [1.54, 1.807) is 6.07 Å². The second-order valence-corrected chi connectivity index (χ2v) is 7.68. The number of aromatic nitrogens is 1. The van der Waals surface area contributed by atoms with E-state index in [-0.39, 0.29) is 11.2 Å². The Hall–Kier alpha value is -1.82. The highest BCUT2D eigenvalue weighted by Gasteiger charge is 2.46. The van der Waals surface area contributed by atoms with Gasteiger partial charge in [-0.05, 0) is 18.4 Å². The van der Waals surface area contributed by atoms with E-state index in [0.29, 0.717) is 11.6 Å². The smallest absolute Gasteiger partial charge is 0.169 e. The van der Waals surface area contributed by atoms with Crippen LogP contribution in [-0.2, 0) is 15.3 Å². The van der Waals surface area contributed by atoms with Gasteiger partial charge in [0.1, 0.15) is 9.84 Å². The number of hydrogen-bond acceptors (Lipinski definition) is 5. The first-order chi connectivity index (χ1) is 9.38. The molecule has 0 atom stereocenters. The summed E-state index contributed by atoms with van der Waals surface area (Å²) in [6.45, 7) is 0. The lowest BCUT2D eigenvalue weighted by molar-refractivity contribution is 0.436. The van der Waals surface area contributed by atoms with Crippen LogP contribution in [0.15, 0.2) is 34.9 Å². The second kappa shape index (κ2) is 4.34. The van der Waals surface area contributed by atoms with Gasteiger partial charge in [-0.2, -0.15) is 0 Å². The second-order valence-electron chi connectivity index (χ2n) is 5.54. The maximum absolute atomic E-state index is 11.5. The number of benzene rings is 1. The molecule has 6 heteroatoms. The Bertz CT molecular complexity index is 728. The average Bonchev–Trinajstić information content (AvgIpc) is 3.00. The van der Waals surface area contributed by atoms with E-state index in [4.69, 9.17) is 10.3 Å². The standard InChI is InChI=1S/C14H16N2O3S/c1-20(17,18)9-14(6-7-14)11-4-2-10(3-5-11)12-8-13(15)16-19-12/h2-5,8H,6-7,9H2,1H3,(H2,15,16). The molecule has 0 aliphatic heterocycles. The predicted molar refractivity (Wildman–Crippen MR) is 77.0 cm³/mol. The topological polar surface area (TPSA) is 86.2 Å². The molecule has 2 aromatic rings. The van der Waals surface area contributed by atoms with Crippen LogP contribution in [0.1, 0.15) is 18.4 Å². The van der Waals surface area contributed by atoms with Crippen molar-refractivity contribution in [3.8, 4) is 11.3 Å². The van der Waals surface area contributed by atoms with E-state index in [1.807, 2.05) is 24.3 Å². The summed E-state index contributed by atoms with van der Waals surface area (Å²) in [4.78, 5) is 0. The van der Waals surface area contributed by atoms with Crippen molar-refractivity contribution < 1.29 is 12.9 Å². The predicted octanol–water partition coefficient (Wildman–Crippen LogP) is 2.00. The van der Waals surface area contributed by atoms with Crippen LogP contribution in [0, 0.1) is 0 Å². The van der Waals surface area contributed by atoms with E-state index in [9.17, 15) is 8.42 Å². The summed E-state index contributed by atoms with van der Waals surface area (Å²) in [6, 6.07) is 9.42. The third-order valence-electron chi connectivity index (χ3n) is 3.70. The van der Waals surface area contributed by atoms with Crippen LogP contribution in [0.2, 0.25) is 0 Å².